The van der Waals surface area contributed by atoms with E-state index in [4.69, 9.17) is 4.55 Å². The first-order valence-corrected chi connectivity index (χ1v) is 8.07. The second kappa shape index (κ2) is 6.32. The van der Waals surface area contributed by atoms with Crippen molar-refractivity contribution in [1.29, 1.82) is 0 Å². The van der Waals surface area contributed by atoms with Crippen LogP contribution in [-0.4, -0.2) is 43.3 Å². The van der Waals surface area contributed by atoms with Crippen molar-refractivity contribution in [3.05, 3.63) is 42.0 Å². The molecule has 0 radical (unpaired) electrons. The van der Waals surface area contributed by atoms with Crippen LogP contribution in [0.15, 0.2) is 36.4 Å². The van der Waals surface area contributed by atoms with E-state index in [1.807, 2.05) is 18.2 Å². The first-order chi connectivity index (χ1) is 9.04. The molecule has 1 aliphatic rings. The minimum atomic E-state index is -3.83. The van der Waals surface area contributed by atoms with Crippen LogP contribution in [0.3, 0.4) is 0 Å². The van der Waals surface area contributed by atoms with Gasteiger partial charge in [0.2, 0.25) is 0 Å². The fourth-order valence-electron chi connectivity index (χ4n) is 2.33. The van der Waals surface area contributed by atoms with Crippen LogP contribution >= 0.6 is 0 Å². The molecule has 0 amide bonds. The van der Waals surface area contributed by atoms with Gasteiger partial charge in [-0.3, -0.25) is 9.45 Å². The Balaban J connectivity index is 1.89. The summed E-state index contributed by atoms with van der Waals surface area (Å²) >= 11 is 0. The lowest BCUT2D eigenvalue weighted by molar-refractivity contribution is 0.304. The van der Waals surface area contributed by atoms with E-state index in [0.717, 1.165) is 19.5 Å². The third kappa shape index (κ3) is 4.78. The highest BCUT2D eigenvalue weighted by molar-refractivity contribution is 7.85. The molecule has 0 saturated heterocycles. The Morgan fingerprint density at radius 3 is 2.63 bits per heavy atom. The van der Waals surface area contributed by atoms with Crippen LogP contribution in [0, 0.1) is 0 Å². The van der Waals surface area contributed by atoms with Gasteiger partial charge in [0, 0.05) is 13.1 Å². The van der Waals surface area contributed by atoms with Gasteiger partial charge in [0.25, 0.3) is 10.1 Å². The zero-order chi connectivity index (χ0) is 13.7. The highest BCUT2D eigenvalue weighted by Crippen LogP contribution is 2.20. The molecule has 1 aliphatic heterocycles. The summed E-state index contributed by atoms with van der Waals surface area (Å²) in [6, 6.07) is 10.2. The maximum absolute atomic E-state index is 10.7. The first-order valence-electron chi connectivity index (χ1n) is 6.46. The summed E-state index contributed by atoms with van der Waals surface area (Å²) in [7, 11) is -3.83. The Hall–Kier alpha value is -1.17. The van der Waals surface area contributed by atoms with Gasteiger partial charge in [-0.15, -0.1) is 0 Å². The summed E-state index contributed by atoms with van der Waals surface area (Å²) in [5.74, 6) is -0.159. The summed E-state index contributed by atoms with van der Waals surface area (Å²) in [5.41, 5.74) is 2.51. The highest BCUT2D eigenvalue weighted by atomic mass is 32.2. The van der Waals surface area contributed by atoms with Gasteiger partial charge in [-0.1, -0.05) is 36.4 Å². The van der Waals surface area contributed by atoms with Crippen molar-refractivity contribution in [3.8, 4) is 0 Å². The van der Waals surface area contributed by atoms with E-state index in [1.165, 1.54) is 11.1 Å². The third-order valence-corrected chi connectivity index (χ3v) is 4.06. The molecule has 0 bridgehead atoms. The van der Waals surface area contributed by atoms with Gasteiger partial charge in [-0.25, -0.2) is 0 Å². The molecule has 5 heteroatoms. The molecule has 19 heavy (non-hydrogen) atoms. The molecule has 1 aromatic rings. The number of rotatable bonds is 5. The molecule has 0 atom stereocenters. The van der Waals surface area contributed by atoms with E-state index in [0.29, 0.717) is 13.0 Å². The van der Waals surface area contributed by atoms with Crippen LogP contribution in [0.1, 0.15) is 18.4 Å². The quantitative estimate of drug-likeness (QED) is 0.839. The second-order valence-corrected chi connectivity index (χ2v) is 6.37. The monoisotopic (exact) mass is 281 g/mol. The number of benzene rings is 1. The molecule has 1 heterocycles. The van der Waals surface area contributed by atoms with Crippen LogP contribution in [0.25, 0.3) is 5.57 Å². The molecular formula is C14H19NO3S. The number of hydrogen-bond donors (Lipinski definition) is 1. The Morgan fingerprint density at radius 1 is 1.21 bits per heavy atom. The van der Waals surface area contributed by atoms with Crippen LogP contribution < -0.4 is 0 Å². The summed E-state index contributed by atoms with van der Waals surface area (Å²) < 4.78 is 30.1. The smallest absolute Gasteiger partial charge is 0.264 e. The second-order valence-electron chi connectivity index (χ2n) is 4.80. The van der Waals surface area contributed by atoms with E-state index in [-0.39, 0.29) is 5.75 Å². The third-order valence-electron chi connectivity index (χ3n) is 3.25. The fraction of sp³-hybridized carbons (Fsp3) is 0.429. The molecule has 2 rings (SSSR count). The van der Waals surface area contributed by atoms with E-state index in [9.17, 15) is 8.42 Å². The average molecular weight is 281 g/mol. The number of hydrogen-bond acceptors (Lipinski definition) is 3. The van der Waals surface area contributed by atoms with Crippen molar-refractivity contribution in [2.75, 3.05) is 25.4 Å². The molecule has 4 nitrogen and oxygen atoms in total. The Kier molecular flexibility index (Phi) is 4.74. The van der Waals surface area contributed by atoms with E-state index in [2.05, 4.69) is 23.1 Å². The van der Waals surface area contributed by atoms with Gasteiger partial charge in [-0.05, 0) is 30.5 Å². The predicted molar refractivity (Wildman–Crippen MR) is 76.5 cm³/mol. The Bertz CT molecular complexity index is 537. The summed E-state index contributed by atoms with van der Waals surface area (Å²) in [4.78, 5) is 2.23. The molecule has 0 spiro atoms. The normalized spacial score (nSPS) is 17.2. The van der Waals surface area contributed by atoms with E-state index in [1.54, 1.807) is 0 Å². The standard InChI is InChI=1S/C14H19NO3S/c16-19(17,18)11-5-10-15-9-4-8-14(12-15)13-6-2-1-3-7-13/h1-3,6-8H,4-5,9-12H2,(H,16,17,18). The molecular weight excluding hydrogens is 262 g/mol. The Labute approximate surface area is 114 Å². The Morgan fingerprint density at radius 2 is 1.95 bits per heavy atom. The van der Waals surface area contributed by atoms with Crippen LogP contribution in [0.4, 0.5) is 0 Å². The molecule has 0 aliphatic carbocycles. The topological polar surface area (TPSA) is 57.6 Å². The van der Waals surface area contributed by atoms with Gasteiger partial charge in [-0.2, -0.15) is 8.42 Å². The van der Waals surface area contributed by atoms with Crippen molar-refractivity contribution < 1.29 is 13.0 Å². The minimum absolute atomic E-state index is 0.159. The van der Waals surface area contributed by atoms with Crippen molar-refractivity contribution in [2.45, 2.75) is 12.8 Å². The molecule has 104 valence electrons. The van der Waals surface area contributed by atoms with Crippen LogP contribution in [-0.2, 0) is 10.1 Å². The lowest BCUT2D eigenvalue weighted by Gasteiger charge is -2.27. The van der Waals surface area contributed by atoms with Crippen molar-refractivity contribution >= 4 is 15.7 Å². The fourth-order valence-corrected chi connectivity index (χ4v) is 2.82. The van der Waals surface area contributed by atoms with Crippen molar-refractivity contribution in [3.63, 3.8) is 0 Å². The maximum Gasteiger partial charge on any atom is 0.264 e. The lowest BCUT2D eigenvalue weighted by Crippen LogP contribution is -2.31. The predicted octanol–water partition coefficient (Wildman–Crippen LogP) is 2.05. The van der Waals surface area contributed by atoms with Gasteiger partial charge in [0.1, 0.15) is 0 Å². The van der Waals surface area contributed by atoms with Crippen LogP contribution in [0.5, 0.6) is 0 Å². The van der Waals surface area contributed by atoms with E-state index >= 15 is 0 Å². The lowest BCUT2D eigenvalue weighted by atomic mass is 10.0. The maximum atomic E-state index is 10.7. The highest BCUT2D eigenvalue weighted by Gasteiger charge is 2.14. The van der Waals surface area contributed by atoms with Crippen LogP contribution in [0.2, 0.25) is 0 Å². The first kappa shape index (κ1) is 14.2. The van der Waals surface area contributed by atoms with E-state index < -0.39 is 10.1 Å². The van der Waals surface area contributed by atoms with Gasteiger partial charge >= 0.3 is 0 Å². The van der Waals surface area contributed by atoms with Crippen molar-refractivity contribution in [2.24, 2.45) is 0 Å². The summed E-state index contributed by atoms with van der Waals surface area (Å²) in [6.45, 7) is 2.49. The zero-order valence-electron chi connectivity index (χ0n) is 10.8. The average Bonchev–Trinajstić information content (AvgIpc) is 2.39. The van der Waals surface area contributed by atoms with Gasteiger partial charge in [0.15, 0.2) is 0 Å². The summed E-state index contributed by atoms with van der Waals surface area (Å²) in [5, 5.41) is 0. The van der Waals surface area contributed by atoms with Gasteiger partial charge < -0.3 is 0 Å². The molecule has 0 saturated carbocycles. The largest absolute Gasteiger partial charge is 0.299 e. The SMILES string of the molecule is O=S(=O)(O)CCCN1CCC=C(c2ccccc2)C1. The zero-order valence-corrected chi connectivity index (χ0v) is 11.6. The minimum Gasteiger partial charge on any atom is -0.299 e. The molecule has 0 unspecified atom stereocenters. The van der Waals surface area contributed by atoms with Gasteiger partial charge in [0.05, 0.1) is 5.75 Å². The summed E-state index contributed by atoms with van der Waals surface area (Å²) in [6.07, 6.45) is 3.70. The molecule has 1 aromatic carbocycles. The molecule has 0 fully saturated rings. The number of nitrogens with zero attached hydrogens (tertiary/aromatic N) is 1. The van der Waals surface area contributed by atoms with Crippen molar-refractivity contribution in [1.82, 2.24) is 4.90 Å². The molecule has 1 N–H and O–H groups in total. The molecule has 0 aromatic heterocycles.